The zero-order valence-electron chi connectivity index (χ0n) is 23.2. The summed E-state index contributed by atoms with van der Waals surface area (Å²) in [5.74, 6) is -1.17. The van der Waals surface area contributed by atoms with Crippen LogP contribution in [-0.2, 0) is 11.2 Å². The lowest BCUT2D eigenvalue weighted by Gasteiger charge is -2.15. The predicted molar refractivity (Wildman–Crippen MR) is 165 cm³/mol. The summed E-state index contributed by atoms with van der Waals surface area (Å²) < 4.78 is 0. The van der Waals surface area contributed by atoms with Crippen LogP contribution in [0.25, 0.3) is 44.3 Å². The maximum Gasteiger partial charge on any atom is 0.326 e. The van der Waals surface area contributed by atoms with Crippen LogP contribution < -0.4 is 5.32 Å². The first-order chi connectivity index (χ1) is 20.3. The number of aromatic nitrogens is 2. The first-order valence-corrected chi connectivity index (χ1v) is 13.7. The summed E-state index contributed by atoms with van der Waals surface area (Å²) in [4.78, 5) is 33.1. The number of hydrogen-bond donors (Lipinski definition) is 4. The van der Waals surface area contributed by atoms with Crippen LogP contribution in [-0.4, -0.2) is 38.1 Å². The zero-order chi connectivity index (χ0) is 29.4. The number of aromatic amines is 1. The molecule has 0 saturated carbocycles. The topological polar surface area (TPSA) is 115 Å². The fraction of sp³-hybridized carbons (Fsp3) is 0.114. The van der Waals surface area contributed by atoms with Gasteiger partial charge in [0, 0.05) is 17.5 Å². The SMILES string of the molecule is Cc1ccc(-c2cccc(-c3nc4c(ccc5cc(C(=O)N[C@@H](Cc6ccccc6)C(=O)O)cc(O)c54)[nH]3)c2)cc1C. The molecule has 42 heavy (non-hydrogen) atoms. The molecule has 7 nitrogen and oxygen atoms in total. The smallest absolute Gasteiger partial charge is 0.326 e. The Morgan fingerprint density at radius 3 is 2.36 bits per heavy atom. The molecule has 7 heteroatoms. The number of phenolic OH excluding ortho intramolecular Hbond substituents is 1. The number of fused-ring (bicyclic) bond motifs is 3. The summed E-state index contributed by atoms with van der Waals surface area (Å²) in [5, 5.41) is 24.5. The van der Waals surface area contributed by atoms with E-state index in [0.717, 1.165) is 27.8 Å². The summed E-state index contributed by atoms with van der Waals surface area (Å²) in [6.45, 7) is 4.20. The van der Waals surface area contributed by atoms with Gasteiger partial charge in [-0.05, 0) is 71.3 Å². The number of carboxylic acid groups (broad SMARTS) is 1. The number of nitrogens with zero attached hydrogens (tertiary/aromatic N) is 1. The Labute approximate surface area is 242 Å². The Morgan fingerprint density at radius 2 is 1.60 bits per heavy atom. The van der Waals surface area contributed by atoms with E-state index in [1.807, 2.05) is 48.5 Å². The molecule has 0 aliphatic carbocycles. The first-order valence-electron chi connectivity index (χ1n) is 13.7. The molecule has 208 valence electrons. The van der Waals surface area contributed by atoms with Crippen LogP contribution in [0.3, 0.4) is 0 Å². The highest BCUT2D eigenvalue weighted by Crippen LogP contribution is 2.35. The van der Waals surface area contributed by atoms with Crippen LogP contribution in [0.15, 0.2) is 97.1 Å². The maximum absolute atomic E-state index is 13.1. The summed E-state index contributed by atoms with van der Waals surface area (Å²) in [6.07, 6.45) is 0.142. The Balaban J connectivity index is 1.32. The number of aromatic hydroxyl groups is 1. The molecule has 1 atom stereocenters. The standard InChI is InChI=1S/C35H29N3O4/c1-20-11-12-24(15-21(20)2)23-9-6-10-26(17-23)33-36-28-14-13-25-18-27(19-30(39)31(25)32(28)38-33)34(40)37-29(35(41)42)16-22-7-4-3-5-8-22/h3-15,17-19,29,39H,16H2,1-2H3,(H,36,38)(H,37,40)(H,41,42)/t29-/m0/s1. The van der Waals surface area contributed by atoms with Gasteiger partial charge in [0.05, 0.1) is 10.9 Å². The van der Waals surface area contributed by atoms with E-state index in [1.165, 1.54) is 17.2 Å². The van der Waals surface area contributed by atoms with E-state index >= 15 is 0 Å². The fourth-order valence-corrected chi connectivity index (χ4v) is 5.24. The molecule has 0 aliphatic heterocycles. The van der Waals surface area contributed by atoms with Crippen molar-refractivity contribution in [1.82, 2.24) is 15.3 Å². The number of phenols is 1. The van der Waals surface area contributed by atoms with E-state index in [4.69, 9.17) is 4.98 Å². The van der Waals surface area contributed by atoms with Crippen LogP contribution in [0.4, 0.5) is 0 Å². The quantitative estimate of drug-likeness (QED) is 0.173. The third-order valence-electron chi connectivity index (χ3n) is 7.67. The Kier molecular flexibility index (Phi) is 6.92. The summed E-state index contributed by atoms with van der Waals surface area (Å²) in [6, 6.07) is 29.2. The molecule has 0 unspecified atom stereocenters. The second-order valence-electron chi connectivity index (χ2n) is 10.6. The van der Waals surface area contributed by atoms with Crippen LogP contribution in [0, 0.1) is 13.8 Å². The van der Waals surface area contributed by atoms with Crippen molar-refractivity contribution >= 4 is 33.7 Å². The van der Waals surface area contributed by atoms with Crippen molar-refractivity contribution in [2.24, 2.45) is 0 Å². The number of aryl methyl sites for hydroxylation is 2. The van der Waals surface area contributed by atoms with Gasteiger partial charge in [0.1, 0.15) is 23.1 Å². The predicted octanol–water partition coefficient (Wildman–Crippen LogP) is 6.80. The van der Waals surface area contributed by atoms with Gasteiger partial charge in [0.2, 0.25) is 0 Å². The molecule has 5 aromatic carbocycles. The minimum Gasteiger partial charge on any atom is -0.507 e. The second-order valence-corrected chi connectivity index (χ2v) is 10.6. The van der Waals surface area contributed by atoms with Gasteiger partial charge >= 0.3 is 5.97 Å². The number of nitrogens with one attached hydrogen (secondary N) is 2. The van der Waals surface area contributed by atoms with Crippen LogP contribution >= 0.6 is 0 Å². The number of carboxylic acids is 1. The van der Waals surface area contributed by atoms with Gasteiger partial charge in [-0.3, -0.25) is 4.79 Å². The van der Waals surface area contributed by atoms with Crippen molar-refractivity contribution in [3.63, 3.8) is 0 Å². The fourth-order valence-electron chi connectivity index (χ4n) is 5.24. The molecule has 1 aromatic heterocycles. The van der Waals surface area contributed by atoms with Crippen LogP contribution in [0.5, 0.6) is 5.75 Å². The lowest BCUT2D eigenvalue weighted by molar-refractivity contribution is -0.139. The number of carbonyl (C=O) groups excluding carboxylic acids is 1. The van der Waals surface area contributed by atoms with Gasteiger partial charge in [-0.15, -0.1) is 0 Å². The molecule has 0 aliphatic rings. The molecule has 6 aromatic rings. The summed E-state index contributed by atoms with van der Waals surface area (Å²) in [5.41, 5.74) is 7.86. The van der Waals surface area contributed by atoms with Gasteiger partial charge in [-0.2, -0.15) is 0 Å². The van der Waals surface area contributed by atoms with Crippen molar-refractivity contribution in [2.75, 3.05) is 0 Å². The summed E-state index contributed by atoms with van der Waals surface area (Å²) >= 11 is 0. The number of amides is 1. The number of imidazole rings is 1. The highest BCUT2D eigenvalue weighted by atomic mass is 16.4. The molecule has 0 radical (unpaired) electrons. The Bertz CT molecular complexity index is 1980. The molecule has 0 saturated heterocycles. The van der Waals surface area contributed by atoms with Crippen LogP contribution in [0.1, 0.15) is 27.0 Å². The van der Waals surface area contributed by atoms with Crippen molar-refractivity contribution in [3.8, 4) is 28.3 Å². The number of aliphatic carboxylic acids is 1. The van der Waals surface area contributed by atoms with E-state index < -0.39 is 17.9 Å². The molecule has 0 fully saturated rings. The number of H-pyrrole nitrogens is 1. The van der Waals surface area contributed by atoms with Crippen molar-refractivity contribution < 1.29 is 19.8 Å². The lowest BCUT2D eigenvalue weighted by Crippen LogP contribution is -2.42. The van der Waals surface area contributed by atoms with E-state index in [-0.39, 0.29) is 17.7 Å². The minimum absolute atomic E-state index is 0.111. The third kappa shape index (κ3) is 5.20. The van der Waals surface area contributed by atoms with Gasteiger partial charge in [0.25, 0.3) is 5.91 Å². The molecule has 1 heterocycles. The average Bonchev–Trinajstić information content (AvgIpc) is 3.43. The minimum atomic E-state index is -1.13. The van der Waals surface area contributed by atoms with Crippen molar-refractivity contribution in [3.05, 3.63) is 119 Å². The van der Waals surface area contributed by atoms with Gasteiger partial charge in [-0.25, -0.2) is 9.78 Å². The lowest BCUT2D eigenvalue weighted by atomic mass is 9.99. The number of benzene rings is 5. The van der Waals surface area contributed by atoms with Gasteiger partial charge in [-0.1, -0.05) is 72.8 Å². The van der Waals surface area contributed by atoms with Gasteiger partial charge in [0.15, 0.2) is 0 Å². The molecule has 0 bridgehead atoms. The molecule has 0 spiro atoms. The number of hydrogen-bond acceptors (Lipinski definition) is 4. The molecule has 1 amide bonds. The summed E-state index contributed by atoms with van der Waals surface area (Å²) in [7, 11) is 0. The van der Waals surface area contributed by atoms with Crippen LogP contribution in [0.2, 0.25) is 0 Å². The van der Waals surface area contributed by atoms with E-state index in [2.05, 4.69) is 54.5 Å². The zero-order valence-corrected chi connectivity index (χ0v) is 23.2. The highest BCUT2D eigenvalue weighted by Gasteiger charge is 2.22. The normalized spacial score (nSPS) is 12.0. The Hall–Kier alpha value is -5.43. The highest BCUT2D eigenvalue weighted by molar-refractivity contribution is 6.11. The van der Waals surface area contributed by atoms with Crippen molar-refractivity contribution in [2.45, 2.75) is 26.3 Å². The van der Waals surface area contributed by atoms with E-state index in [0.29, 0.717) is 22.1 Å². The average molecular weight is 556 g/mol. The maximum atomic E-state index is 13.1. The molecular formula is C35H29N3O4. The number of carbonyl (C=O) groups is 2. The number of rotatable bonds is 7. The molecular weight excluding hydrogens is 526 g/mol. The largest absolute Gasteiger partial charge is 0.507 e. The van der Waals surface area contributed by atoms with E-state index in [1.54, 1.807) is 12.1 Å². The van der Waals surface area contributed by atoms with E-state index in [9.17, 15) is 19.8 Å². The van der Waals surface area contributed by atoms with Crippen molar-refractivity contribution in [1.29, 1.82) is 0 Å². The Morgan fingerprint density at radius 1 is 0.833 bits per heavy atom. The second kappa shape index (κ2) is 10.9. The van der Waals surface area contributed by atoms with Gasteiger partial charge < -0.3 is 20.5 Å². The molecule has 4 N–H and O–H groups in total. The molecule has 6 rings (SSSR count). The monoisotopic (exact) mass is 555 g/mol. The third-order valence-corrected chi connectivity index (χ3v) is 7.67. The first kappa shape index (κ1) is 26.8.